The molecule has 2 aliphatic heterocycles. The number of benzene rings is 2. The molecule has 1 fully saturated rings. The maximum Gasteiger partial charge on any atom is 0.0653 e. The maximum absolute atomic E-state index is 4.17. The Bertz CT molecular complexity index is 938. The number of aromatic amines is 1. The molecule has 140 valence electrons. The van der Waals surface area contributed by atoms with Crippen LogP contribution in [0, 0.1) is 0 Å². The molecule has 2 aromatic carbocycles. The van der Waals surface area contributed by atoms with Gasteiger partial charge in [-0.05, 0) is 61.3 Å². The van der Waals surface area contributed by atoms with Gasteiger partial charge in [0.15, 0.2) is 0 Å². The number of likely N-dealkylation sites (tertiary alicyclic amines) is 1. The number of nitrogens with zero attached hydrogens (tertiary/aromatic N) is 3. The Balaban J connectivity index is 1.45. The fourth-order valence-corrected chi connectivity index (χ4v) is 4.83. The summed E-state index contributed by atoms with van der Waals surface area (Å²) in [5.41, 5.74) is 6.96. The SMILES string of the molecule is CN1Cc2cc(CN3CCCCC3)ccc2C(c2ccc3cn[nH]c3c2)C1. The van der Waals surface area contributed by atoms with Gasteiger partial charge in [0, 0.05) is 30.9 Å². The minimum Gasteiger partial charge on any atom is -0.301 e. The van der Waals surface area contributed by atoms with Crippen molar-refractivity contribution in [3.8, 4) is 0 Å². The molecular weight excluding hydrogens is 332 g/mol. The molecule has 1 aromatic heterocycles. The lowest BCUT2D eigenvalue weighted by Gasteiger charge is -2.33. The molecule has 0 aliphatic carbocycles. The molecule has 1 atom stereocenters. The first-order valence-electron chi connectivity index (χ1n) is 10.2. The Morgan fingerprint density at radius 3 is 2.85 bits per heavy atom. The van der Waals surface area contributed by atoms with Crippen molar-refractivity contribution in [2.75, 3.05) is 26.7 Å². The Hall–Kier alpha value is -2.17. The lowest BCUT2D eigenvalue weighted by molar-refractivity contribution is 0.220. The average Bonchev–Trinajstić information content (AvgIpc) is 3.15. The van der Waals surface area contributed by atoms with E-state index >= 15 is 0 Å². The number of hydrogen-bond donors (Lipinski definition) is 1. The van der Waals surface area contributed by atoms with Gasteiger partial charge in [0.05, 0.1) is 11.7 Å². The summed E-state index contributed by atoms with van der Waals surface area (Å²) in [7, 11) is 2.24. The molecule has 5 rings (SSSR count). The second-order valence-corrected chi connectivity index (χ2v) is 8.34. The number of piperidine rings is 1. The summed E-state index contributed by atoms with van der Waals surface area (Å²) in [5.74, 6) is 0.426. The van der Waals surface area contributed by atoms with E-state index in [0.29, 0.717) is 5.92 Å². The topological polar surface area (TPSA) is 35.2 Å². The lowest BCUT2D eigenvalue weighted by atomic mass is 9.84. The normalized spacial score (nSPS) is 21.4. The van der Waals surface area contributed by atoms with Gasteiger partial charge < -0.3 is 4.90 Å². The van der Waals surface area contributed by atoms with E-state index in [9.17, 15) is 0 Å². The Labute approximate surface area is 161 Å². The molecule has 27 heavy (non-hydrogen) atoms. The highest BCUT2D eigenvalue weighted by Gasteiger charge is 2.25. The Morgan fingerprint density at radius 1 is 1.07 bits per heavy atom. The van der Waals surface area contributed by atoms with Crippen LogP contribution in [0.5, 0.6) is 0 Å². The number of hydrogen-bond acceptors (Lipinski definition) is 3. The molecule has 0 saturated carbocycles. The van der Waals surface area contributed by atoms with Crippen molar-refractivity contribution in [1.82, 2.24) is 20.0 Å². The fraction of sp³-hybridized carbons (Fsp3) is 0.435. The van der Waals surface area contributed by atoms with E-state index in [2.05, 4.69) is 63.4 Å². The number of nitrogens with one attached hydrogen (secondary N) is 1. The van der Waals surface area contributed by atoms with Gasteiger partial charge in [0.1, 0.15) is 0 Å². The Kier molecular flexibility index (Phi) is 4.46. The third kappa shape index (κ3) is 3.40. The highest BCUT2D eigenvalue weighted by molar-refractivity contribution is 5.78. The van der Waals surface area contributed by atoms with E-state index in [1.54, 1.807) is 0 Å². The van der Waals surface area contributed by atoms with E-state index in [0.717, 1.165) is 25.2 Å². The predicted molar refractivity (Wildman–Crippen MR) is 110 cm³/mol. The summed E-state index contributed by atoms with van der Waals surface area (Å²) in [6.45, 7) is 5.72. The summed E-state index contributed by atoms with van der Waals surface area (Å²) < 4.78 is 0. The monoisotopic (exact) mass is 360 g/mol. The van der Waals surface area contributed by atoms with Gasteiger partial charge in [0.2, 0.25) is 0 Å². The largest absolute Gasteiger partial charge is 0.301 e. The number of fused-ring (bicyclic) bond motifs is 2. The number of rotatable bonds is 3. The molecular formula is C23H28N4. The highest BCUT2D eigenvalue weighted by Crippen LogP contribution is 2.34. The third-order valence-electron chi connectivity index (χ3n) is 6.24. The lowest BCUT2D eigenvalue weighted by Crippen LogP contribution is -2.32. The zero-order valence-corrected chi connectivity index (χ0v) is 16.1. The first kappa shape index (κ1) is 17.0. The van der Waals surface area contributed by atoms with Crippen molar-refractivity contribution >= 4 is 10.9 Å². The quantitative estimate of drug-likeness (QED) is 0.763. The Morgan fingerprint density at radius 2 is 1.96 bits per heavy atom. The molecule has 0 spiro atoms. The van der Waals surface area contributed by atoms with E-state index < -0.39 is 0 Å². The average molecular weight is 361 g/mol. The molecule has 4 heteroatoms. The van der Waals surface area contributed by atoms with Crippen molar-refractivity contribution in [3.63, 3.8) is 0 Å². The van der Waals surface area contributed by atoms with Crippen molar-refractivity contribution < 1.29 is 0 Å². The molecule has 2 aliphatic rings. The molecule has 0 amide bonds. The van der Waals surface area contributed by atoms with Crippen molar-refractivity contribution in [2.24, 2.45) is 0 Å². The highest BCUT2D eigenvalue weighted by atomic mass is 15.1. The second kappa shape index (κ2) is 7.10. The van der Waals surface area contributed by atoms with Crippen molar-refractivity contribution in [2.45, 2.75) is 38.3 Å². The zero-order chi connectivity index (χ0) is 18.2. The minimum absolute atomic E-state index is 0.426. The van der Waals surface area contributed by atoms with Crippen LogP contribution in [0.15, 0.2) is 42.6 Å². The van der Waals surface area contributed by atoms with Gasteiger partial charge in [-0.25, -0.2) is 0 Å². The van der Waals surface area contributed by atoms with Gasteiger partial charge in [-0.3, -0.25) is 10.00 Å². The van der Waals surface area contributed by atoms with Gasteiger partial charge in [0.25, 0.3) is 0 Å². The zero-order valence-electron chi connectivity index (χ0n) is 16.1. The van der Waals surface area contributed by atoms with E-state index in [4.69, 9.17) is 0 Å². The fourth-order valence-electron chi connectivity index (χ4n) is 4.83. The summed E-state index contributed by atoms with van der Waals surface area (Å²) >= 11 is 0. The summed E-state index contributed by atoms with van der Waals surface area (Å²) in [4.78, 5) is 5.07. The van der Waals surface area contributed by atoms with Crippen LogP contribution in [0.1, 0.15) is 47.4 Å². The van der Waals surface area contributed by atoms with Crippen LogP contribution >= 0.6 is 0 Å². The molecule has 3 heterocycles. The van der Waals surface area contributed by atoms with E-state index in [1.165, 1.54) is 60.0 Å². The van der Waals surface area contributed by atoms with Gasteiger partial charge in [-0.1, -0.05) is 36.8 Å². The molecule has 1 saturated heterocycles. The smallest absolute Gasteiger partial charge is 0.0653 e. The summed E-state index contributed by atoms with van der Waals surface area (Å²) in [6, 6.07) is 13.9. The maximum atomic E-state index is 4.17. The molecule has 4 nitrogen and oxygen atoms in total. The molecule has 0 radical (unpaired) electrons. The summed E-state index contributed by atoms with van der Waals surface area (Å²) in [6.07, 6.45) is 6.00. The van der Waals surface area contributed by atoms with Gasteiger partial charge >= 0.3 is 0 Å². The van der Waals surface area contributed by atoms with Crippen LogP contribution in [0.25, 0.3) is 10.9 Å². The predicted octanol–water partition coefficient (Wildman–Crippen LogP) is 4.13. The standard InChI is InChI=1S/C23H28N4/c1-26-15-20-11-17(14-27-9-3-2-4-10-27)5-8-21(20)22(16-26)18-6-7-19-13-24-25-23(19)12-18/h5-8,11-13,22H,2-4,9-10,14-16H2,1H3,(H,24,25). The molecule has 0 bridgehead atoms. The van der Waals surface area contributed by atoms with E-state index in [-0.39, 0.29) is 0 Å². The van der Waals surface area contributed by atoms with Crippen LogP contribution in [-0.4, -0.2) is 46.7 Å². The summed E-state index contributed by atoms with van der Waals surface area (Å²) in [5, 5.41) is 8.47. The first-order valence-corrected chi connectivity index (χ1v) is 10.2. The molecule has 1 unspecified atom stereocenters. The third-order valence-corrected chi connectivity index (χ3v) is 6.24. The minimum atomic E-state index is 0.426. The number of likely N-dealkylation sites (N-methyl/N-ethyl adjacent to an activating group) is 1. The van der Waals surface area contributed by atoms with Gasteiger partial charge in [-0.2, -0.15) is 5.10 Å². The molecule has 1 N–H and O–H groups in total. The van der Waals surface area contributed by atoms with Crippen LogP contribution in [-0.2, 0) is 13.1 Å². The van der Waals surface area contributed by atoms with Gasteiger partial charge in [-0.15, -0.1) is 0 Å². The number of aromatic nitrogens is 2. The van der Waals surface area contributed by atoms with Crippen molar-refractivity contribution in [1.29, 1.82) is 0 Å². The van der Waals surface area contributed by atoms with Crippen LogP contribution in [0.2, 0.25) is 0 Å². The van der Waals surface area contributed by atoms with Crippen molar-refractivity contribution in [3.05, 3.63) is 64.8 Å². The first-order chi connectivity index (χ1) is 13.3. The van der Waals surface area contributed by atoms with Crippen LogP contribution in [0.4, 0.5) is 0 Å². The number of H-pyrrole nitrogens is 1. The van der Waals surface area contributed by atoms with Crippen LogP contribution < -0.4 is 0 Å². The van der Waals surface area contributed by atoms with E-state index in [1.807, 2.05) is 6.20 Å². The molecule has 3 aromatic rings. The van der Waals surface area contributed by atoms with Crippen LogP contribution in [0.3, 0.4) is 0 Å². The second-order valence-electron chi connectivity index (χ2n) is 8.34.